The van der Waals surface area contributed by atoms with Crippen molar-refractivity contribution in [2.24, 2.45) is 0 Å². The lowest BCUT2D eigenvalue weighted by atomic mass is 10.1. The number of ether oxygens (including phenoxy) is 1. The van der Waals surface area contributed by atoms with Crippen LogP contribution in [0.4, 0.5) is 5.69 Å². The van der Waals surface area contributed by atoms with Crippen LogP contribution >= 0.6 is 0 Å². The van der Waals surface area contributed by atoms with Gasteiger partial charge in [0.2, 0.25) is 0 Å². The SMILES string of the molecule is Cc1cccc(COC(=O)c2ccc(C)c(NC(=O)c3ccco3)c2)c1. The Hall–Kier alpha value is -3.34. The normalized spacial score (nSPS) is 10.4. The van der Waals surface area contributed by atoms with E-state index in [0.717, 1.165) is 16.7 Å². The second kappa shape index (κ2) is 7.70. The molecule has 0 unspecified atom stereocenters. The maximum absolute atomic E-state index is 12.3. The Morgan fingerprint density at radius 2 is 1.88 bits per heavy atom. The van der Waals surface area contributed by atoms with Crippen LogP contribution in [0.5, 0.6) is 0 Å². The van der Waals surface area contributed by atoms with Crippen molar-refractivity contribution in [1.29, 1.82) is 0 Å². The number of furan rings is 1. The van der Waals surface area contributed by atoms with Gasteiger partial charge in [-0.2, -0.15) is 0 Å². The Labute approximate surface area is 151 Å². The minimum Gasteiger partial charge on any atom is -0.459 e. The fourth-order valence-corrected chi connectivity index (χ4v) is 2.51. The van der Waals surface area contributed by atoms with Crippen LogP contribution in [0.25, 0.3) is 0 Å². The van der Waals surface area contributed by atoms with Gasteiger partial charge in [-0.1, -0.05) is 35.9 Å². The summed E-state index contributed by atoms with van der Waals surface area (Å²) in [6, 6.07) is 16.0. The molecule has 5 nitrogen and oxygen atoms in total. The number of hydrogen-bond acceptors (Lipinski definition) is 4. The van der Waals surface area contributed by atoms with E-state index in [-0.39, 0.29) is 18.3 Å². The van der Waals surface area contributed by atoms with Gasteiger partial charge in [0.1, 0.15) is 6.61 Å². The average Bonchev–Trinajstić information content (AvgIpc) is 3.16. The van der Waals surface area contributed by atoms with Crippen molar-refractivity contribution in [2.75, 3.05) is 5.32 Å². The molecule has 1 amide bonds. The molecular weight excluding hydrogens is 330 g/mol. The van der Waals surface area contributed by atoms with Gasteiger partial charge in [-0.3, -0.25) is 4.79 Å². The van der Waals surface area contributed by atoms with Crippen molar-refractivity contribution >= 4 is 17.6 Å². The van der Waals surface area contributed by atoms with Crippen LogP contribution < -0.4 is 5.32 Å². The average molecular weight is 349 g/mol. The molecule has 5 heteroatoms. The van der Waals surface area contributed by atoms with E-state index in [9.17, 15) is 9.59 Å². The molecule has 3 rings (SSSR count). The van der Waals surface area contributed by atoms with E-state index in [1.54, 1.807) is 30.3 Å². The number of amides is 1. The zero-order chi connectivity index (χ0) is 18.5. The van der Waals surface area contributed by atoms with Crippen molar-refractivity contribution in [3.05, 3.63) is 88.9 Å². The van der Waals surface area contributed by atoms with E-state index in [4.69, 9.17) is 9.15 Å². The second-order valence-electron chi connectivity index (χ2n) is 6.03. The Morgan fingerprint density at radius 3 is 2.62 bits per heavy atom. The van der Waals surface area contributed by atoms with Crippen LogP contribution in [0.3, 0.4) is 0 Å². The van der Waals surface area contributed by atoms with Gasteiger partial charge in [-0.15, -0.1) is 0 Å². The Morgan fingerprint density at radius 1 is 1.04 bits per heavy atom. The van der Waals surface area contributed by atoms with Crippen molar-refractivity contribution < 1.29 is 18.7 Å². The number of carbonyl (C=O) groups excluding carboxylic acids is 2. The number of benzene rings is 2. The van der Waals surface area contributed by atoms with E-state index >= 15 is 0 Å². The van der Waals surface area contributed by atoms with Gasteiger partial charge in [0.15, 0.2) is 5.76 Å². The minimum absolute atomic E-state index is 0.197. The summed E-state index contributed by atoms with van der Waals surface area (Å²) < 4.78 is 10.4. The molecule has 1 N–H and O–H groups in total. The molecule has 0 aliphatic carbocycles. The number of hydrogen-bond donors (Lipinski definition) is 1. The largest absolute Gasteiger partial charge is 0.459 e. The zero-order valence-electron chi connectivity index (χ0n) is 14.6. The standard InChI is InChI=1S/C21H19NO4/c1-14-5-3-6-16(11-14)13-26-21(24)17-9-8-15(2)18(12-17)22-20(23)19-7-4-10-25-19/h3-12H,13H2,1-2H3,(H,22,23). The molecule has 26 heavy (non-hydrogen) atoms. The molecule has 132 valence electrons. The van der Waals surface area contributed by atoms with Crippen LogP contribution in [0, 0.1) is 13.8 Å². The van der Waals surface area contributed by atoms with Gasteiger partial charge in [0.05, 0.1) is 11.8 Å². The quantitative estimate of drug-likeness (QED) is 0.688. The first-order chi connectivity index (χ1) is 12.5. The molecule has 1 heterocycles. The lowest BCUT2D eigenvalue weighted by Crippen LogP contribution is -2.13. The maximum Gasteiger partial charge on any atom is 0.338 e. The van der Waals surface area contributed by atoms with E-state index in [1.165, 1.54) is 6.26 Å². The first-order valence-corrected chi connectivity index (χ1v) is 8.21. The number of rotatable bonds is 5. The van der Waals surface area contributed by atoms with Crippen LogP contribution in [-0.4, -0.2) is 11.9 Å². The molecular formula is C21H19NO4. The van der Waals surface area contributed by atoms with Crippen molar-refractivity contribution in [3.63, 3.8) is 0 Å². The smallest absolute Gasteiger partial charge is 0.338 e. The third-order valence-corrected chi connectivity index (χ3v) is 3.92. The first kappa shape index (κ1) is 17.5. The lowest BCUT2D eigenvalue weighted by molar-refractivity contribution is 0.0472. The highest BCUT2D eigenvalue weighted by atomic mass is 16.5. The van der Waals surface area contributed by atoms with Crippen molar-refractivity contribution in [3.8, 4) is 0 Å². The Balaban J connectivity index is 1.70. The molecule has 2 aromatic carbocycles. The van der Waals surface area contributed by atoms with E-state index in [0.29, 0.717) is 11.3 Å². The van der Waals surface area contributed by atoms with Gasteiger partial charge >= 0.3 is 5.97 Å². The predicted molar refractivity (Wildman–Crippen MR) is 98.1 cm³/mol. The number of esters is 1. The summed E-state index contributed by atoms with van der Waals surface area (Å²) in [5.41, 5.74) is 3.78. The molecule has 0 aliphatic rings. The summed E-state index contributed by atoms with van der Waals surface area (Å²) in [4.78, 5) is 24.5. The van der Waals surface area contributed by atoms with Gasteiger partial charge in [0, 0.05) is 5.69 Å². The van der Waals surface area contributed by atoms with E-state index in [1.807, 2.05) is 38.1 Å². The molecule has 0 saturated heterocycles. The number of carbonyl (C=O) groups is 2. The maximum atomic E-state index is 12.3. The fraction of sp³-hybridized carbons (Fsp3) is 0.143. The molecule has 0 saturated carbocycles. The Kier molecular flexibility index (Phi) is 5.17. The number of aryl methyl sites for hydroxylation is 2. The minimum atomic E-state index is -0.444. The van der Waals surface area contributed by atoms with Crippen LogP contribution in [0.1, 0.15) is 37.6 Å². The summed E-state index contributed by atoms with van der Waals surface area (Å²) in [6.45, 7) is 4.03. The summed E-state index contributed by atoms with van der Waals surface area (Å²) >= 11 is 0. The van der Waals surface area contributed by atoms with Crippen molar-refractivity contribution in [1.82, 2.24) is 0 Å². The van der Waals surface area contributed by atoms with Crippen LogP contribution in [-0.2, 0) is 11.3 Å². The highest BCUT2D eigenvalue weighted by Gasteiger charge is 2.14. The molecule has 3 aromatic rings. The monoisotopic (exact) mass is 349 g/mol. The molecule has 0 fully saturated rings. The second-order valence-corrected chi connectivity index (χ2v) is 6.03. The van der Waals surface area contributed by atoms with Gasteiger partial charge < -0.3 is 14.5 Å². The fourth-order valence-electron chi connectivity index (χ4n) is 2.51. The van der Waals surface area contributed by atoms with E-state index < -0.39 is 5.97 Å². The topological polar surface area (TPSA) is 68.5 Å². The molecule has 1 aromatic heterocycles. The third-order valence-electron chi connectivity index (χ3n) is 3.92. The molecule has 0 radical (unpaired) electrons. The zero-order valence-corrected chi connectivity index (χ0v) is 14.6. The van der Waals surface area contributed by atoms with Crippen LogP contribution in [0.2, 0.25) is 0 Å². The highest BCUT2D eigenvalue weighted by Crippen LogP contribution is 2.19. The lowest BCUT2D eigenvalue weighted by Gasteiger charge is -2.10. The Bertz CT molecular complexity index is 929. The molecule has 0 atom stereocenters. The molecule has 0 spiro atoms. The highest BCUT2D eigenvalue weighted by molar-refractivity contribution is 6.03. The predicted octanol–water partition coefficient (Wildman–Crippen LogP) is 4.51. The summed E-state index contributed by atoms with van der Waals surface area (Å²) in [6.07, 6.45) is 1.43. The number of nitrogens with one attached hydrogen (secondary N) is 1. The van der Waals surface area contributed by atoms with Crippen molar-refractivity contribution in [2.45, 2.75) is 20.5 Å². The molecule has 0 bridgehead atoms. The van der Waals surface area contributed by atoms with E-state index in [2.05, 4.69) is 5.32 Å². The van der Waals surface area contributed by atoms with Crippen LogP contribution in [0.15, 0.2) is 65.3 Å². The number of anilines is 1. The van der Waals surface area contributed by atoms with Gasteiger partial charge in [-0.05, 0) is 49.2 Å². The summed E-state index contributed by atoms with van der Waals surface area (Å²) in [5, 5.41) is 2.75. The van der Waals surface area contributed by atoms with Gasteiger partial charge in [-0.25, -0.2) is 4.79 Å². The summed E-state index contributed by atoms with van der Waals surface area (Å²) in [7, 11) is 0. The molecule has 0 aliphatic heterocycles. The van der Waals surface area contributed by atoms with Gasteiger partial charge in [0.25, 0.3) is 5.91 Å². The third kappa shape index (κ3) is 4.19. The summed E-state index contributed by atoms with van der Waals surface area (Å²) in [5.74, 6) is -0.611. The first-order valence-electron chi connectivity index (χ1n) is 8.21.